The van der Waals surface area contributed by atoms with Crippen molar-refractivity contribution in [1.82, 2.24) is 0 Å². The third-order valence-electron chi connectivity index (χ3n) is 3.39. The van der Waals surface area contributed by atoms with Crippen LogP contribution in [-0.2, 0) is 20.2 Å². The summed E-state index contributed by atoms with van der Waals surface area (Å²) in [6.07, 6.45) is 3.74. The number of hydrogen-bond acceptors (Lipinski definition) is 4. The first kappa shape index (κ1) is 15.2. The second kappa shape index (κ2) is 5.69. The highest BCUT2D eigenvalue weighted by Gasteiger charge is 2.29. The molecule has 1 aliphatic carbocycles. The predicted octanol–water partition coefficient (Wildman–Crippen LogP) is 2.42. The molecule has 8 heteroatoms. The summed E-state index contributed by atoms with van der Waals surface area (Å²) in [4.78, 5) is -0.653. The topological polar surface area (TPSA) is 80.3 Å². The average Bonchev–Trinajstić information content (AvgIpc) is 2.39. The van der Waals surface area contributed by atoms with E-state index >= 15 is 0 Å². The second-order valence-electron chi connectivity index (χ2n) is 4.84. The molecule has 20 heavy (non-hydrogen) atoms. The van der Waals surface area contributed by atoms with Crippen molar-refractivity contribution < 1.29 is 20.7 Å². The fraction of sp³-hybridized carbons (Fsp3) is 0.500. The lowest BCUT2D eigenvalue weighted by atomic mass is 10.0. The Hall–Kier alpha value is -1.15. The molecule has 1 saturated carbocycles. The molecule has 1 aromatic rings. The van der Waals surface area contributed by atoms with Gasteiger partial charge in [-0.25, -0.2) is 8.42 Å². The van der Waals surface area contributed by atoms with Crippen molar-refractivity contribution in [2.24, 2.45) is 0 Å². The number of rotatable bonds is 4. The zero-order valence-electron chi connectivity index (χ0n) is 10.7. The van der Waals surface area contributed by atoms with Crippen molar-refractivity contribution in [3.05, 3.63) is 24.3 Å². The summed E-state index contributed by atoms with van der Waals surface area (Å²) in [6.45, 7) is 0. The van der Waals surface area contributed by atoms with Crippen LogP contribution in [0, 0.1) is 0 Å². The maximum Gasteiger partial charge on any atom is 0.334 e. The van der Waals surface area contributed by atoms with Gasteiger partial charge in [0.1, 0.15) is 4.90 Å². The number of hydrogen-bond donors (Lipinski definition) is 1. The van der Waals surface area contributed by atoms with Crippen LogP contribution in [0.1, 0.15) is 32.1 Å². The Morgan fingerprint density at radius 3 is 2.20 bits per heavy atom. The van der Waals surface area contributed by atoms with Crippen molar-refractivity contribution in [2.45, 2.75) is 42.2 Å². The molecule has 5 nitrogen and oxygen atoms in total. The molecule has 0 aliphatic heterocycles. The van der Waals surface area contributed by atoms with E-state index in [0.717, 1.165) is 25.3 Å². The Bertz CT molecular complexity index is 679. The van der Waals surface area contributed by atoms with Crippen molar-refractivity contribution in [3.63, 3.8) is 0 Å². The van der Waals surface area contributed by atoms with Gasteiger partial charge < -0.3 is 0 Å². The Morgan fingerprint density at radius 2 is 1.60 bits per heavy atom. The first-order valence-electron chi connectivity index (χ1n) is 6.36. The van der Waals surface area contributed by atoms with E-state index in [1.54, 1.807) is 0 Å². The molecule has 0 amide bonds. The average molecular weight is 321 g/mol. The first-order valence-corrected chi connectivity index (χ1v) is 9.29. The number of sulfonamides is 1. The summed E-state index contributed by atoms with van der Waals surface area (Å²) < 4.78 is 61.8. The molecule has 1 aromatic carbocycles. The molecule has 0 atom stereocenters. The first-order chi connectivity index (χ1) is 9.31. The lowest BCUT2D eigenvalue weighted by Crippen LogP contribution is -2.30. The van der Waals surface area contributed by atoms with Gasteiger partial charge in [-0.1, -0.05) is 31.4 Å². The highest BCUT2D eigenvalue weighted by molar-refractivity contribution is 7.93. The van der Waals surface area contributed by atoms with Gasteiger partial charge >= 0.3 is 10.2 Å². The van der Waals surface area contributed by atoms with E-state index < -0.39 is 30.4 Å². The van der Waals surface area contributed by atoms with E-state index in [-0.39, 0.29) is 5.69 Å². The smallest absolute Gasteiger partial charge is 0.282 e. The lowest BCUT2D eigenvalue weighted by molar-refractivity contribution is 0.486. The monoisotopic (exact) mass is 321 g/mol. The minimum atomic E-state index is -4.96. The van der Waals surface area contributed by atoms with Crippen molar-refractivity contribution in [1.29, 1.82) is 0 Å². The van der Waals surface area contributed by atoms with Crippen molar-refractivity contribution in [2.75, 3.05) is 4.72 Å². The van der Waals surface area contributed by atoms with Gasteiger partial charge in [-0.15, -0.1) is 3.89 Å². The molecular formula is C12H16FNO4S2. The second-order valence-corrected chi connectivity index (χ2v) is 8.12. The standard InChI is InChI=1S/C12H16FNO4S2/c13-19(15,16)12-9-5-4-8-11(12)14-20(17,18)10-6-2-1-3-7-10/h4-5,8-10,14H,1-3,6-7H2. The molecule has 0 unspecified atom stereocenters. The van der Waals surface area contributed by atoms with Gasteiger partial charge in [-0.2, -0.15) is 8.42 Å². The van der Waals surface area contributed by atoms with Gasteiger partial charge in [-0.3, -0.25) is 4.72 Å². The van der Waals surface area contributed by atoms with Gasteiger partial charge in [-0.05, 0) is 25.0 Å². The van der Waals surface area contributed by atoms with E-state index in [1.165, 1.54) is 18.2 Å². The van der Waals surface area contributed by atoms with E-state index in [4.69, 9.17) is 0 Å². The normalized spacial score (nSPS) is 17.9. The van der Waals surface area contributed by atoms with Gasteiger partial charge in [0.05, 0.1) is 10.9 Å². The number of para-hydroxylation sites is 1. The predicted molar refractivity (Wildman–Crippen MR) is 74.2 cm³/mol. The molecule has 0 aromatic heterocycles. The molecule has 112 valence electrons. The minimum Gasteiger partial charge on any atom is -0.282 e. The van der Waals surface area contributed by atoms with Crippen LogP contribution in [0.2, 0.25) is 0 Å². The molecular weight excluding hydrogens is 305 g/mol. The largest absolute Gasteiger partial charge is 0.334 e. The summed E-state index contributed by atoms with van der Waals surface area (Å²) in [5.74, 6) is 0. The van der Waals surface area contributed by atoms with Crippen LogP contribution in [-0.4, -0.2) is 22.1 Å². The van der Waals surface area contributed by atoms with Crippen LogP contribution in [0.25, 0.3) is 0 Å². The maximum atomic E-state index is 13.1. The summed E-state index contributed by atoms with van der Waals surface area (Å²) in [6, 6.07) is 5.07. The van der Waals surface area contributed by atoms with Gasteiger partial charge in [0.25, 0.3) is 0 Å². The maximum absolute atomic E-state index is 13.1. The number of nitrogens with one attached hydrogen (secondary N) is 1. The van der Waals surface area contributed by atoms with Gasteiger partial charge in [0, 0.05) is 0 Å². The van der Waals surface area contributed by atoms with Crippen LogP contribution >= 0.6 is 0 Å². The molecule has 1 N–H and O–H groups in total. The molecule has 0 saturated heterocycles. The highest BCUT2D eigenvalue weighted by Crippen LogP contribution is 2.28. The molecule has 0 spiro atoms. The lowest BCUT2D eigenvalue weighted by Gasteiger charge is -2.22. The summed E-state index contributed by atoms with van der Waals surface area (Å²) in [7, 11) is -8.66. The summed E-state index contributed by atoms with van der Waals surface area (Å²) in [5.41, 5.74) is -0.236. The highest BCUT2D eigenvalue weighted by atomic mass is 32.3. The van der Waals surface area contributed by atoms with E-state index in [2.05, 4.69) is 4.72 Å². The van der Waals surface area contributed by atoms with Crippen LogP contribution in [0.15, 0.2) is 29.2 Å². The van der Waals surface area contributed by atoms with E-state index in [0.29, 0.717) is 12.8 Å². The Morgan fingerprint density at radius 1 is 1.00 bits per heavy atom. The molecule has 0 radical (unpaired) electrons. The fourth-order valence-electron chi connectivity index (χ4n) is 2.38. The van der Waals surface area contributed by atoms with Gasteiger partial charge in [0.15, 0.2) is 0 Å². The van der Waals surface area contributed by atoms with Crippen LogP contribution in [0.4, 0.5) is 9.57 Å². The van der Waals surface area contributed by atoms with Crippen molar-refractivity contribution >= 4 is 25.9 Å². The Labute approximate surface area is 118 Å². The molecule has 1 fully saturated rings. The molecule has 0 bridgehead atoms. The fourth-order valence-corrected chi connectivity index (χ4v) is 4.67. The Kier molecular flexibility index (Phi) is 4.33. The van der Waals surface area contributed by atoms with Crippen LogP contribution in [0.5, 0.6) is 0 Å². The van der Waals surface area contributed by atoms with Crippen molar-refractivity contribution in [3.8, 4) is 0 Å². The zero-order valence-corrected chi connectivity index (χ0v) is 12.4. The molecule has 1 aliphatic rings. The SMILES string of the molecule is O=S(=O)(F)c1ccccc1NS(=O)(=O)C1CCCCC1. The quantitative estimate of drug-likeness (QED) is 0.864. The van der Waals surface area contributed by atoms with Crippen LogP contribution in [0.3, 0.4) is 0 Å². The minimum absolute atomic E-state index is 0.236. The third kappa shape index (κ3) is 3.49. The Balaban J connectivity index is 2.30. The number of anilines is 1. The van der Waals surface area contributed by atoms with Crippen LogP contribution < -0.4 is 4.72 Å². The summed E-state index contributed by atoms with van der Waals surface area (Å²) >= 11 is 0. The number of benzene rings is 1. The van der Waals surface area contributed by atoms with E-state index in [9.17, 15) is 20.7 Å². The van der Waals surface area contributed by atoms with Gasteiger partial charge in [0.2, 0.25) is 10.0 Å². The summed E-state index contributed by atoms with van der Waals surface area (Å²) in [5, 5.41) is -0.549. The number of halogens is 1. The zero-order chi connectivity index (χ0) is 14.8. The third-order valence-corrected chi connectivity index (χ3v) is 6.13. The molecule has 0 heterocycles. The van der Waals surface area contributed by atoms with E-state index in [1.807, 2.05) is 0 Å². The molecule has 2 rings (SSSR count).